The molecule has 2 rings (SSSR count). The minimum absolute atomic E-state index is 0.222. The highest BCUT2D eigenvalue weighted by atomic mass is 16.2. The number of nitrogens with one attached hydrogen (secondary N) is 2. The van der Waals surface area contributed by atoms with Gasteiger partial charge in [-0.1, -0.05) is 49.4 Å². The van der Waals surface area contributed by atoms with Gasteiger partial charge >= 0.3 is 11.8 Å². The predicted octanol–water partition coefficient (Wildman–Crippen LogP) is 3.06. The lowest BCUT2D eigenvalue weighted by molar-refractivity contribution is -0.136. The van der Waals surface area contributed by atoms with Crippen molar-refractivity contribution in [1.29, 1.82) is 0 Å². The number of carbonyl (C=O) groups is 2. The number of aryl methyl sites for hydroxylation is 1. The third-order valence-corrected chi connectivity index (χ3v) is 3.47. The summed E-state index contributed by atoms with van der Waals surface area (Å²) in [4.78, 5) is 23.8. The average molecular weight is 296 g/mol. The lowest BCUT2D eigenvalue weighted by Gasteiger charge is -2.14. The Bertz CT molecular complexity index is 636. The summed E-state index contributed by atoms with van der Waals surface area (Å²) in [5.74, 6) is -1.31. The fourth-order valence-corrected chi connectivity index (χ4v) is 2.10. The average Bonchev–Trinajstić information content (AvgIpc) is 2.55. The lowest BCUT2D eigenvalue weighted by atomic mass is 10.1. The van der Waals surface area contributed by atoms with Crippen LogP contribution in [0.15, 0.2) is 54.6 Å². The van der Waals surface area contributed by atoms with Gasteiger partial charge in [0.25, 0.3) is 0 Å². The Morgan fingerprint density at radius 3 is 2.18 bits per heavy atom. The zero-order valence-corrected chi connectivity index (χ0v) is 12.8. The predicted molar refractivity (Wildman–Crippen MR) is 87.4 cm³/mol. The first-order chi connectivity index (χ1) is 10.6. The summed E-state index contributed by atoms with van der Waals surface area (Å²) in [7, 11) is 0. The second kappa shape index (κ2) is 7.41. The van der Waals surface area contributed by atoms with Crippen molar-refractivity contribution in [3.05, 3.63) is 65.7 Å². The Labute approximate surface area is 130 Å². The maximum absolute atomic E-state index is 11.9. The molecule has 0 radical (unpaired) electrons. The van der Waals surface area contributed by atoms with Gasteiger partial charge in [-0.2, -0.15) is 0 Å². The molecule has 0 saturated carbocycles. The SMILES string of the molecule is CCc1ccc(C(C)NC(=O)C(=O)Nc2ccccc2)cc1. The Morgan fingerprint density at radius 1 is 0.955 bits per heavy atom. The van der Waals surface area contributed by atoms with Crippen LogP contribution in [-0.2, 0) is 16.0 Å². The van der Waals surface area contributed by atoms with Crippen molar-refractivity contribution in [3.63, 3.8) is 0 Å². The van der Waals surface area contributed by atoms with Gasteiger partial charge in [-0.05, 0) is 36.6 Å². The summed E-state index contributed by atoms with van der Waals surface area (Å²) < 4.78 is 0. The summed E-state index contributed by atoms with van der Waals surface area (Å²) >= 11 is 0. The molecule has 0 heterocycles. The maximum atomic E-state index is 11.9. The topological polar surface area (TPSA) is 58.2 Å². The molecule has 0 aliphatic carbocycles. The Kier molecular flexibility index (Phi) is 5.31. The molecule has 0 saturated heterocycles. The Hall–Kier alpha value is -2.62. The summed E-state index contributed by atoms with van der Waals surface area (Å²) in [6.45, 7) is 3.95. The Morgan fingerprint density at radius 2 is 1.59 bits per heavy atom. The van der Waals surface area contributed by atoms with Crippen LogP contribution in [0.1, 0.15) is 31.0 Å². The van der Waals surface area contributed by atoms with Crippen molar-refractivity contribution in [2.24, 2.45) is 0 Å². The van der Waals surface area contributed by atoms with Crippen LogP contribution in [-0.4, -0.2) is 11.8 Å². The summed E-state index contributed by atoms with van der Waals surface area (Å²) in [6.07, 6.45) is 0.973. The van der Waals surface area contributed by atoms with Gasteiger partial charge < -0.3 is 10.6 Å². The molecule has 2 aromatic carbocycles. The molecule has 0 aliphatic heterocycles. The van der Waals surface area contributed by atoms with Crippen molar-refractivity contribution >= 4 is 17.5 Å². The molecule has 0 aromatic heterocycles. The van der Waals surface area contributed by atoms with Gasteiger partial charge in [0.2, 0.25) is 0 Å². The van der Waals surface area contributed by atoms with Crippen molar-refractivity contribution < 1.29 is 9.59 Å². The second-order valence-electron chi connectivity index (χ2n) is 5.11. The second-order valence-corrected chi connectivity index (χ2v) is 5.11. The van der Waals surface area contributed by atoms with E-state index in [0.717, 1.165) is 12.0 Å². The molecule has 2 aromatic rings. The number of rotatable bonds is 4. The van der Waals surface area contributed by atoms with Gasteiger partial charge in [-0.3, -0.25) is 9.59 Å². The zero-order valence-electron chi connectivity index (χ0n) is 12.8. The van der Waals surface area contributed by atoms with Gasteiger partial charge in [-0.25, -0.2) is 0 Å². The highest BCUT2D eigenvalue weighted by Gasteiger charge is 2.17. The molecule has 0 spiro atoms. The first kappa shape index (κ1) is 15.8. The third-order valence-electron chi connectivity index (χ3n) is 3.47. The first-order valence-electron chi connectivity index (χ1n) is 7.36. The monoisotopic (exact) mass is 296 g/mol. The highest BCUT2D eigenvalue weighted by molar-refractivity contribution is 6.39. The molecule has 0 fully saturated rings. The van der Waals surface area contributed by atoms with Crippen LogP contribution in [0.25, 0.3) is 0 Å². The molecule has 1 atom stereocenters. The van der Waals surface area contributed by atoms with E-state index in [-0.39, 0.29) is 6.04 Å². The number of amides is 2. The van der Waals surface area contributed by atoms with E-state index in [4.69, 9.17) is 0 Å². The van der Waals surface area contributed by atoms with Crippen LogP contribution in [0.4, 0.5) is 5.69 Å². The largest absolute Gasteiger partial charge is 0.341 e. The van der Waals surface area contributed by atoms with E-state index in [1.165, 1.54) is 5.56 Å². The van der Waals surface area contributed by atoms with Crippen LogP contribution >= 0.6 is 0 Å². The first-order valence-corrected chi connectivity index (χ1v) is 7.36. The van der Waals surface area contributed by atoms with Gasteiger partial charge in [0, 0.05) is 5.69 Å². The van der Waals surface area contributed by atoms with Crippen LogP contribution in [0.2, 0.25) is 0 Å². The van der Waals surface area contributed by atoms with E-state index < -0.39 is 11.8 Å². The lowest BCUT2D eigenvalue weighted by Crippen LogP contribution is -2.36. The van der Waals surface area contributed by atoms with E-state index in [9.17, 15) is 9.59 Å². The van der Waals surface area contributed by atoms with E-state index in [1.807, 2.05) is 37.3 Å². The normalized spacial score (nSPS) is 11.5. The molecule has 2 amide bonds. The molecule has 114 valence electrons. The maximum Gasteiger partial charge on any atom is 0.313 e. The molecule has 1 unspecified atom stereocenters. The van der Waals surface area contributed by atoms with Crippen LogP contribution in [0.5, 0.6) is 0 Å². The minimum Gasteiger partial charge on any atom is -0.341 e. The van der Waals surface area contributed by atoms with Crippen LogP contribution in [0.3, 0.4) is 0 Å². The number of carbonyl (C=O) groups excluding carboxylic acids is 2. The fourth-order valence-electron chi connectivity index (χ4n) is 2.10. The van der Waals surface area contributed by atoms with Crippen LogP contribution in [0, 0.1) is 0 Å². The van der Waals surface area contributed by atoms with Crippen molar-refractivity contribution in [3.8, 4) is 0 Å². The number of benzene rings is 2. The Balaban J connectivity index is 1.93. The molecule has 2 N–H and O–H groups in total. The molecule has 0 bridgehead atoms. The molecule has 0 aliphatic rings. The van der Waals surface area contributed by atoms with Gasteiger partial charge in [0.15, 0.2) is 0 Å². The van der Waals surface area contributed by atoms with E-state index in [0.29, 0.717) is 5.69 Å². The highest BCUT2D eigenvalue weighted by Crippen LogP contribution is 2.14. The molecule has 4 heteroatoms. The van der Waals surface area contributed by atoms with E-state index >= 15 is 0 Å². The van der Waals surface area contributed by atoms with Crippen LogP contribution < -0.4 is 10.6 Å². The molecular formula is C18H20N2O2. The van der Waals surface area contributed by atoms with E-state index in [1.54, 1.807) is 24.3 Å². The number of para-hydroxylation sites is 1. The third kappa shape index (κ3) is 4.19. The summed E-state index contributed by atoms with van der Waals surface area (Å²) in [6, 6.07) is 16.7. The smallest absolute Gasteiger partial charge is 0.313 e. The van der Waals surface area contributed by atoms with Crippen molar-refractivity contribution in [1.82, 2.24) is 5.32 Å². The number of hydrogen-bond acceptors (Lipinski definition) is 2. The van der Waals surface area contributed by atoms with Crippen molar-refractivity contribution in [2.75, 3.05) is 5.32 Å². The molecule has 4 nitrogen and oxygen atoms in total. The quantitative estimate of drug-likeness (QED) is 0.852. The number of hydrogen-bond donors (Lipinski definition) is 2. The minimum atomic E-state index is -0.664. The van der Waals surface area contributed by atoms with Gasteiger partial charge in [0.1, 0.15) is 0 Å². The number of anilines is 1. The summed E-state index contributed by atoms with van der Waals surface area (Å²) in [5, 5.41) is 5.27. The zero-order chi connectivity index (χ0) is 15.9. The molecular weight excluding hydrogens is 276 g/mol. The summed E-state index contributed by atoms with van der Waals surface area (Å²) in [5.41, 5.74) is 2.81. The van der Waals surface area contributed by atoms with Gasteiger partial charge in [0.05, 0.1) is 6.04 Å². The fraction of sp³-hybridized carbons (Fsp3) is 0.222. The van der Waals surface area contributed by atoms with Crippen molar-refractivity contribution in [2.45, 2.75) is 26.3 Å². The molecule has 22 heavy (non-hydrogen) atoms. The van der Waals surface area contributed by atoms with Gasteiger partial charge in [-0.15, -0.1) is 0 Å². The standard InChI is InChI=1S/C18H20N2O2/c1-3-14-9-11-15(12-10-14)13(2)19-17(21)18(22)20-16-7-5-4-6-8-16/h4-13H,3H2,1-2H3,(H,19,21)(H,20,22). The van der Waals surface area contributed by atoms with E-state index in [2.05, 4.69) is 17.6 Å².